The second-order valence-corrected chi connectivity index (χ2v) is 5.39. The van der Waals surface area contributed by atoms with Crippen LogP contribution in [0.5, 0.6) is 0 Å². The summed E-state index contributed by atoms with van der Waals surface area (Å²) in [7, 11) is 0. The Hall–Kier alpha value is -1.06. The van der Waals surface area contributed by atoms with Gasteiger partial charge in [-0.25, -0.2) is 0 Å². The maximum absolute atomic E-state index is 12.1. The normalized spacial score (nSPS) is 30.1. The average Bonchev–Trinajstić information content (AvgIpc) is 2.79. The molecule has 2 aliphatic carbocycles. The number of primary amides is 1. The Kier molecular flexibility index (Phi) is 4.02. The molecule has 2 atom stereocenters. The lowest BCUT2D eigenvalue weighted by Crippen LogP contribution is -2.43. The highest BCUT2D eigenvalue weighted by molar-refractivity contribution is 5.87. The molecule has 2 aliphatic rings. The van der Waals surface area contributed by atoms with Gasteiger partial charge in [-0.05, 0) is 25.7 Å². The van der Waals surface area contributed by atoms with Gasteiger partial charge in [0.05, 0.1) is 0 Å². The van der Waals surface area contributed by atoms with Gasteiger partial charge in [0.25, 0.3) is 0 Å². The number of hydrogen-bond donors (Lipinski definition) is 2. The van der Waals surface area contributed by atoms with Crippen LogP contribution in [0, 0.1) is 11.8 Å². The average molecular weight is 238 g/mol. The highest BCUT2D eigenvalue weighted by atomic mass is 16.2. The third kappa shape index (κ3) is 2.99. The van der Waals surface area contributed by atoms with E-state index in [1.807, 2.05) is 0 Å². The summed E-state index contributed by atoms with van der Waals surface area (Å²) in [6, 6.07) is 0.324. The largest absolute Gasteiger partial charge is 0.369 e. The fraction of sp³-hybridized carbons (Fsp3) is 0.846. The van der Waals surface area contributed by atoms with E-state index in [0.717, 1.165) is 32.1 Å². The van der Waals surface area contributed by atoms with Crippen molar-refractivity contribution < 1.29 is 9.59 Å². The number of hydrogen-bond acceptors (Lipinski definition) is 2. The molecule has 0 aromatic carbocycles. The molecule has 0 spiro atoms. The Morgan fingerprint density at radius 1 is 0.882 bits per heavy atom. The molecular formula is C13H22N2O2. The lowest BCUT2D eigenvalue weighted by molar-refractivity contribution is -0.132. The molecule has 2 rings (SSSR count). The SMILES string of the molecule is NC(=O)[C@@H]1CCC[C@@H]1C(=O)NC1CCCCC1. The summed E-state index contributed by atoms with van der Waals surface area (Å²) in [5, 5.41) is 3.10. The zero-order chi connectivity index (χ0) is 12.3. The number of carbonyl (C=O) groups excluding carboxylic acids is 2. The van der Waals surface area contributed by atoms with Gasteiger partial charge in [0.15, 0.2) is 0 Å². The molecule has 0 aromatic heterocycles. The first-order valence-corrected chi connectivity index (χ1v) is 6.78. The van der Waals surface area contributed by atoms with Gasteiger partial charge in [-0.15, -0.1) is 0 Å². The lowest BCUT2D eigenvalue weighted by atomic mass is 9.92. The Labute approximate surface area is 102 Å². The van der Waals surface area contributed by atoms with Crippen LogP contribution in [0.15, 0.2) is 0 Å². The standard InChI is InChI=1S/C13H22N2O2/c14-12(16)10-7-4-8-11(10)13(17)15-9-5-2-1-3-6-9/h9-11H,1-8H2,(H2,14,16)(H,15,17)/t10-,11+/m1/s1. The van der Waals surface area contributed by atoms with E-state index in [1.165, 1.54) is 19.3 Å². The fourth-order valence-corrected chi connectivity index (χ4v) is 3.17. The summed E-state index contributed by atoms with van der Waals surface area (Å²) >= 11 is 0. The van der Waals surface area contributed by atoms with Gasteiger partial charge >= 0.3 is 0 Å². The van der Waals surface area contributed by atoms with E-state index in [2.05, 4.69) is 5.32 Å². The van der Waals surface area contributed by atoms with Crippen LogP contribution in [0.4, 0.5) is 0 Å². The van der Waals surface area contributed by atoms with Crippen molar-refractivity contribution >= 4 is 11.8 Å². The van der Waals surface area contributed by atoms with Gasteiger partial charge in [-0.2, -0.15) is 0 Å². The Morgan fingerprint density at radius 3 is 2.18 bits per heavy atom. The molecule has 0 aliphatic heterocycles. The second-order valence-electron chi connectivity index (χ2n) is 5.39. The monoisotopic (exact) mass is 238 g/mol. The number of carbonyl (C=O) groups is 2. The second kappa shape index (κ2) is 5.52. The molecule has 4 heteroatoms. The molecule has 0 unspecified atom stereocenters. The van der Waals surface area contributed by atoms with Crippen molar-refractivity contribution in [1.29, 1.82) is 0 Å². The minimum Gasteiger partial charge on any atom is -0.369 e. The third-order valence-electron chi connectivity index (χ3n) is 4.17. The van der Waals surface area contributed by atoms with Crippen LogP contribution in [-0.4, -0.2) is 17.9 Å². The molecular weight excluding hydrogens is 216 g/mol. The highest BCUT2D eigenvalue weighted by Gasteiger charge is 2.37. The van der Waals surface area contributed by atoms with E-state index in [0.29, 0.717) is 6.04 Å². The van der Waals surface area contributed by atoms with Crippen molar-refractivity contribution in [3.8, 4) is 0 Å². The van der Waals surface area contributed by atoms with Crippen molar-refractivity contribution in [2.24, 2.45) is 17.6 Å². The number of nitrogens with one attached hydrogen (secondary N) is 1. The van der Waals surface area contributed by atoms with Crippen molar-refractivity contribution in [3.05, 3.63) is 0 Å². The van der Waals surface area contributed by atoms with Gasteiger partial charge < -0.3 is 11.1 Å². The van der Waals surface area contributed by atoms with Crippen LogP contribution in [0.25, 0.3) is 0 Å². The molecule has 17 heavy (non-hydrogen) atoms. The van der Waals surface area contributed by atoms with Crippen molar-refractivity contribution in [2.75, 3.05) is 0 Å². The predicted molar refractivity (Wildman–Crippen MR) is 65.0 cm³/mol. The number of nitrogens with two attached hydrogens (primary N) is 1. The quantitative estimate of drug-likeness (QED) is 0.778. The van der Waals surface area contributed by atoms with Crippen LogP contribution in [-0.2, 0) is 9.59 Å². The van der Waals surface area contributed by atoms with Gasteiger partial charge in [0, 0.05) is 17.9 Å². The van der Waals surface area contributed by atoms with Crippen molar-refractivity contribution in [2.45, 2.75) is 57.4 Å². The van der Waals surface area contributed by atoms with Gasteiger partial charge in [0.1, 0.15) is 0 Å². The smallest absolute Gasteiger partial charge is 0.224 e. The minimum atomic E-state index is -0.314. The van der Waals surface area contributed by atoms with Crippen LogP contribution in [0.3, 0.4) is 0 Å². The molecule has 2 fully saturated rings. The molecule has 2 amide bonds. The van der Waals surface area contributed by atoms with Crippen LogP contribution in [0.1, 0.15) is 51.4 Å². The van der Waals surface area contributed by atoms with Crippen LogP contribution >= 0.6 is 0 Å². The molecule has 0 bridgehead atoms. The molecule has 0 heterocycles. The Balaban J connectivity index is 1.88. The van der Waals surface area contributed by atoms with Gasteiger partial charge in [-0.1, -0.05) is 25.7 Å². The first-order valence-electron chi connectivity index (χ1n) is 6.78. The number of rotatable bonds is 3. The van der Waals surface area contributed by atoms with E-state index in [4.69, 9.17) is 5.73 Å². The van der Waals surface area contributed by atoms with Gasteiger partial charge in [-0.3, -0.25) is 9.59 Å². The third-order valence-corrected chi connectivity index (χ3v) is 4.17. The Morgan fingerprint density at radius 2 is 1.53 bits per heavy atom. The maximum atomic E-state index is 12.1. The molecule has 2 saturated carbocycles. The topological polar surface area (TPSA) is 72.2 Å². The van der Waals surface area contributed by atoms with Crippen LogP contribution < -0.4 is 11.1 Å². The highest BCUT2D eigenvalue weighted by Crippen LogP contribution is 2.32. The van der Waals surface area contributed by atoms with E-state index in [9.17, 15) is 9.59 Å². The molecule has 3 N–H and O–H groups in total. The van der Waals surface area contributed by atoms with E-state index >= 15 is 0 Å². The van der Waals surface area contributed by atoms with Crippen molar-refractivity contribution in [3.63, 3.8) is 0 Å². The summed E-state index contributed by atoms with van der Waals surface area (Å²) in [6.07, 6.45) is 8.38. The zero-order valence-corrected chi connectivity index (χ0v) is 10.3. The first-order chi connectivity index (χ1) is 8.18. The van der Waals surface area contributed by atoms with Crippen LogP contribution in [0.2, 0.25) is 0 Å². The van der Waals surface area contributed by atoms with Crippen molar-refractivity contribution in [1.82, 2.24) is 5.32 Å². The van der Waals surface area contributed by atoms with Gasteiger partial charge in [0.2, 0.25) is 11.8 Å². The number of amides is 2. The summed E-state index contributed by atoms with van der Waals surface area (Å²) in [5.41, 5.74) is 5.34. The fourth-order valence-electron chi connectivity index (χ4n) is 3.17. The summed E-state index contributed by atoms with van der Waals surface area (Å²) in [4.78, 5) is 23.4. The zero-order valence-electron chi connectivity index (χ0n) is 10.3. The summed E-state index contributed by atoms with van der Waals surface area (Å²) in [5.74, 6) is -0.669. The summed E-state index contributed by atoms with van der Waals surface area (Å²) < 4.78 is 0. The van der Waals surface area contributed by atoms with E-state index in [-0.39, 0.29) is 23.7 Å². The molecule has 0 radical (unpaired) electrons. The van der Waals surface area contributed by atoms with E-state index < -0.39 is 0 Å². The molecule has 96 valence electrons. The first kappa shape index (κ1) is 12.4. The molecule has 4 nitrogen and oxygen atoms in total. The van der Waals surface area contributed by atoms with E-state index in [1.54, 1.807) is 0 Å². The minimum absolute atomic E-state index is 0.0539. The lowest BCUT2D eigenvalue weighted by Gasteiger charge is -2.25. The molecule has 0 saturated heterocycles. The predicted octanol–water partition coefficient (Wildman–Crippen LogP) is 1.34. The molecule has 0 aromatic rings. The Bertz CT molecular complexity index is 298. The maximum Gasteiger partial charge on any atom is 0.224 e. The summed E-state index contributed by atoms with van der Waals surface area (Å²) in [6.45, 7) is 0.